The van der Waals surface area contributed by atoms with Gasteiger partial charge in [-0.05, 0) is 37.6 Å². The van der Waals surface area contributed by atoms with Crippen LogP contribution in [0.1, 0.15) is 11.1 Å². The summed E-state index contributed by atoms with van der Waals surface area (Å²) in [5.41, 5.74) is 3.32. The predicted octanol–water partition coefficient (Wildman–Crippen LogP) is 1.97. The maximum absolute atomic E-state index is 12.5. The van der Waals surface area contributed by atoms with Crippen molar-refractivity contribution in [2.24, 2.45) is 0 Å². The lowest BCUT2D eigenvalue weighted by atomic mass is 10.1. The van der Waals surface area contributed by atoms with Crippen LogP contribution in [-0.4, -0.2) is 44.1 Å². The molecule has 3 rings (SSSR count). The second kappa shape index (κ2) is 8.64. The Kier molecular flexibility index (Phi) is 6.01. The summed E-state index contributed by atoms with van der Waals surface area (Å²) in [6.45, 7) is 3.96. The monoisotopic (exact) mass is 396 g/mol. The zero-order chi connectivity index (χ0) is 21.0. The number of fused-ring (bicyclic) bond motifs is 1. The van der Waals surface area contributed by atoms with Gasteiger partial charge in [-0.2, -0.15) is 0 Å². The number of imide groups is 1. The van der Waals surface area contributed by atoms with Gasteiger partial charge in [-0.25, -0.2) is 4.79 Å². The molecule has 152 valence electrons. The molecule has 3 N–H and O–H groups in total. The van der Waals surface area contributed by atoms with E-state index in [1.54, 1.807) is 29.2 Å². The lowest BCUT2D eigenvalue weighted by Gasteiger charge is -2.34. The molecular formula is C21H24N4O4. The van der Waals surface area contributed by atoms with Gasteiger partial charge in [-0.1, -0.05) is 29.8 Å². The molecule has 1 aliphatic heterocycles. The number of carbonyl (C=O) groups is 3. The number of anilines is 2. The molecule has 2 aromatic carbocycles. The topological polar surface area (TPSA) is 99.8 Å². The number of hydrogen-bond donors (Lipinski definition) is 3. The van der Waals surface area contributed by atoms with Crippen LogP contribution in [0.25, 0.3) is 0 Å². The van der Waals surface area contributed by atoms with Crippen molar-refractivity contribution in [1.29, 1.82) is 0 Å². The molecule has 0 aliphatic carbocycles. The molecule has 0 bridgehead atoms. The number of nitrogens with one attached hydrogen (secondary N) is 3. The van der Waals surface area contributed by atoms with Gasteiger partial charge in [-0.3, -0.25) is 14.9 Å². The van der Waals surface area contributed by atoms with Crippen molar-refractivity contribution in [3.8, 4) is 5.75 Å². The van der Waals surface area contributed by atoms with Gasteiger partial charge in [0.15, 0.2) is 6.10 Å². The number of likely N-dealkylation sites (N-methyl/N-ethyl adjacent to an activating group) is 1. The number of carbonyl (C=O) groups excluding carboxylic acids is 3. The SMILES string of the molecule is CNC(=O)[C@H]1CN(CC(=O)NC(=O)Nc2ccc(C)cc2C)c2ccccc2O1. The summed E-state index contributed by atoms with van der Waals surface area (Å²) in [7, 11) is 1.53. The Labute approximate surface area is 169 Å². The minimum atomic E-state index is -0.744. The van der Waals surface area contributed by atoms with Gasteiger partial charge in [0.25, 0.3) is 5.91 Å². The van der Waals surface area contributed by atoms with E-state index >= 15 is 0 Å². The van der Waals surface area contributed by atoms with Crippen LogP contribution in [0.5, 0.6) is 5.75 Å². The maximum Gasteiger partial charge on any atom is 0.325 e. The largest absolute Gasteiger partial charge is 0.477 e. The molecule has 0 unspecified atom stereocenters. The van der Waals surface area contributed by atoms with E-state index in [4.69, 9.17) is 4.74 Å². The second-order valence-electron chi connectivity index (χ2n) is 6.89. The number of rotatable bonds is 4. The van der Waals surface area contributed by atoms with E-state index in [1.165, 1.54) is 7.05 Å². The van der Waals surface area contributed by atoms with Crippen LogP contribution in [0.4, 0.5) is 16.2 Å². The fraction of sp³-hybridized carbons (Fsp3) is 0.286. The van der Waals surface area contributed by atoms with Crippen LogP contribution in [0, 0.1) is 13.8 Å². The second-order valence-corrected chi connectivity index (χ2v) is 6.89. The van der Waals surface area contributed by atoms with Crippen LogP contribution < -0.4 is 25.6 Å². The van der Waals surface area contributed by atoms with Gasteiger partial charge in [-0.15, -0.1) is 0 Å². The lowest BCUT2D eigenvalue weighted by Crippen LogP contribution is -2.51. The van der Waals surface area contributed by atoms with E-state index < -0.39 is 18.0 Å². The summed E-state index contributed by atoms with van der Waals surface area (Å²) < 4.78 is 5.71. The highest BCUT2D eigenvalue weighted by Crippen LogP contribution is 2.32. The Morgan fingerprint density at radius 2 is 1.90 bits per heavy atom. The van der Waals surface area contributed by atoms with Crippen molar-refractivity contribution in [2.45, 2.75) is 20.0 Å². The van der Waals surface area contributed by atoms with Gasteiger partial charge in [0.05, 0.1) is 18.8 Å². The third kappa shape index (κ3) is 4.84. The Bertz CT molecular complexity index is 944. The fourth-order valence-electron chi connectivity index (χ4n) is 3.20. The first kappa shape index (κ1) is 20.2. The van der Waals surface area contributed by atoms with Gasteiger partial charge < -0.3 is 20.3 Å². The predicted molar refractivity (Wildman–Crippen MR) is 110 cm³/mol. The standard InChI is InChI=1S/C21H24N4O4/c1-13-8-9-15(14(2)10-13)23-21(28)24-19(26)12-25-11-18(20(27)22-3)29-17-7-5-4-6-16(17)25/h4-10,18H,11-12H2,1-3H3,(H,22,27)(H2,23,24,26,28)/t18-/m1/s1. The van der Waals surface area contributed by atoms with Crippen molar-refractivity contribution in [3.05, 3.63) is 53.6 Å². The molecule has 29 heavy (non-hydrogen) atoms. The number of urea groups is 1. The first-order chi connectivity index (χ1) is 13.9. The number of ether oxygens (including phenoxy) is 1. The molecule has 0 saturated carbocycles. The Morgan fingerprint density at radius 3 is 2.62 bits per heavy atom. The molecule has 0 radical (unpaired) electrons. The molecule has 0 saturated heterocycles. The molecule has 8 nitrogen and oxygen atoms in total. The van der Waals surface area contributed by atoms with Crippen molar-refractivity contribution in [1.82, 2.24) is 10.6 Å². The smallest absolute Gasteiger partial charge is 0.325 e. The Hall–Kier alpha value is -3.55. The molecular weight excluding hydrogens is 372 g/mol. The summed E-state index contributed by atoms with van der Waals surface area (Å²) in [4.78, 5) is 38.4. The van der Waals surface area contributed by atoms with E-state index in [1.807, 2.05) is 32.0 Å². The summed E-state index contributed by atoms with van der Waals surface area (Å²) >= 11 is 0. The number of amides is 4. The number of para-hydroxylation sites is 2. The molecule has 1 aliphatic rings. The quantitative estimate of drug-likeness (QED) is 0.734. The van der Waals surface area contributed by atoms with Gasteiger partial charge in [0.2, 0.25) is 5.91 Å². The maximum atomic E-state index is 12.5. The van der Waals surface area contributed by atoms with Crippen LogP contribution in [0.3, 0.4) is 0 Å². The van der Waals surface area contributed by atoms with Crippen LogP contribution in [0.2, 0.25) is 0 Å². The third-order valence-corrected chi connectivity index (χ3v) is 4.62. The molecule has 8 heteroatoms. The van der Waals surface area contributed by atoms with E-state index in [-0.39, 0.29) is 19.0 Å². The first-order valence-electron chi connectivity index (χ1n) is 9.27. The average molecular weight is 396 g/mol. The van der Waals surface area contributed by atoms with Gasteiger partial charge in [0, 0.05) is 12.7 Å². The van der Waals surface area contributed by atoms with E-state index in [0.29, 0.717) is 17.1 Å². The molecule has 1 heterocycles. The number of hydrogen-bond acceptors (Lipinski definition) is 5. The molecule has 0 spiro atoms. The highest BCUT2D eigenvalue weighted by molar-refractivity contribution is 6.03. The molecule has 0 fully saturated rings. The molecule has 2 aromatic rings. The fourth-order valence-corrected chi connectivity index (χ4v) is 3.20. The summed E-state index contributed by atoms with van der Waals surface area (Å²) in [5, 5.41) is 7.57. The zero-order valence-corrected chi connectivity index (χ0v) is 16.6. The lowest BCUT2D eigenvalue weighted by molar-refractivity contribution is -0.127. The highest BCUT2D eigenvalue weighted by Gasteiger charge is 2.31. The summed E-state index contributed by atoms with van der Waals surface area (Å²) in [5.74, 6) is -0.253. The van der Waals surface area contributed by atoms with Gasteiger partial charge in [0.1, 0.15) is 5.75 Å². The van der Waals surface area contributed by atoms with E-state index in [9.17, 15) is 14.4 Å². The molecule has 4 amide bonds. The zero-order valence-electron chi connectivity index (χ0n) is 16.6. The van der Waals surface area contributed by atoms with Crippen molar-refractivity contribution >= 4 is 29.2 Å². The number of aryl methyl sites for hydroxylation is 2. The van der Waals surface area contributed by atoms with Crippen molar-refractivity contribution in [3.63, 3.8) is 0 Å². The van der Waals surface area contributed by atoms with Crippen molar-refractivity contribution < 1.29 is 19.1 Å². The minimum absolute atomic E-state index is 0.0891. The Balaban J connectivity index is 1.66. The average Bonchev–Trinajstić information content (AvgIpc) is 2.69. The van der Waals surface area contributed by atoms with E-state index in [0.717, 1.165) is 11.1 Å². The minimum Gasteiger partial charge on any atom is -0.477 e. The molecule has 0 aromatic heterocycles. The Morgan fingerprint density at radius 1 is 1.14 bits per heavy atom. The number of benzene rings is 2. The summed E-state index contributed by atoms with van der Waals surface area (Å²) in [6.07, 6.45) is -0.744. The first-order valence-corrected chi connectivity index (χ1v) is 9.27. The number of nitrogens with zero attached hydrogens (tertiary/aromatic N) is 1. The van der Waals surface area contributed by atoms with Gasteiger partial charge >= 0.3 is 6.03 Å². The van der Waals surface area contributed by atoms with Crippen LogP contribution >= 0.6 is 0 Å². The highest BCUT2D eigenvalue weighted by atomic mass is 16.5. The third-order valence-electron chi connectivity index (χ3n) is 4.62. The molecule has 1 atom stereocenters. The summed E-state index contributed by atoms with van der Waals surface area (Å²) in [6, 6.07) is 12.2. The van der Waals surface area contributed by atoms with E-state index in [2.05, 4.69) is 16.0 Å². The normalized spacial score (nSPS) is 15.0. The van der Waals surface area contributed by atoms with Crippen molar-refractivity contribution in [2.75, 3.05) is 30.4 Å². The van der Waals surface area contributed by atoms with Crippen LogP contribution in [0.15, 0.2) is 42.5 Å². The van der Waals surface area contributed by atoms with Crippen LogP contribution in [-0.2, 0) is 9.59 Å².